The van der Waals surface area contributed by atoms with Gasteiger partial charge in [0.2, 0.25) is 5.66 Å². The quantitative estimate of drug-likeness (QED) is 0.740. The second-order valence-corrected chi connectivity index (χ2v) is 4.57. The fraction of sp³-hybridized carbons (Fsp3) is 0.0909. The van der Waals surface area contributed by atoms with Crippen molar-refractivity contribution in [3.05, 3.63) is 40.8 Å². The van der Waals surface area contributed by atoms with E-state index in [0.717, 1.165) is 11.4 Å². The minimum atomic E-state index is -1.15. The molecule has 1 amide bonds. The maximum atomic E-state index is 11.7. The average molecular weight is 245 g/mol. The summed E-state index contributed by atoms with van der Waals surface area (Å²) in [6.45, 7) is 0. The third kappa shape index (κ3) is 1.38. The molecule has 1 atom stereocenters. The summed E-state index contributed by atoms with van der Waals surface area (Å²) in [5.74, 6) is -0.511. The molecule has 1 aromatic heterocycles. The Hall–Kier alpha value is -2.08. The van der Waals surface area contributed by atoms with Gasteiger partial charge in [-0.05, 0) is 18.2 Å². The second-order valence-electron chi connectivity index (χ2n) is 3.67. The molecular weight excluding hydrogens is 236 g/mol. The first kappa shape index (κ1) is 10.1. The van der Waals surface area contributed by atoms with Crippen molar-refractivity contribution in [1.29, 1.82) is 0 Å². The number of fused-ring (bicyclic) bond motifs is 1. The lowest BCUT2D eigenvalue weighted by molar-refractivity contribution is -0.121. The second kappa shape index (κ2) is 3.46. The Morgan fingerprint density at radius 3 is 2.94 bits per heavy atom. The van der Waals surface area contributed by atoms with Crippen LogP contribution in [0.1, 0.15) is 5.01 Å². The molecule has 2 heterocycles. The number of thiazole rings is 1. The van der Waals surface area contributed by atoms with Crippen LogP contribution >= 0.6 is 11.3 Å². The standard InChI is InChI=1S/C11H9N4OS/c12-9(16)11(10-13-5-6-17-10)14-7-3-1-2-4-8(7)15-11/h1,3-6,14-15H,(H2,12,16). The van der Waals surface area contributed by atoms with E-state index in [1.165, 1.54) is 11.3 Å². The van der Waals surface area contributed by atoms with E-state index in [1.54, 1.807) is 23.7 Å². The van der Waals surface area contributed by atoms with Gasteiger partial charge in [0.15, 0.2) is 0 Å². The molecule has 17 heavy (non-hydrogen) atoms. The molecule has 1 aliphatic heterocycles. The summed E-state index contributed by atoms with van der Waals surface area (Å²) >= 11 is 1.37. The van der Waals surface area contributed by atoms with Crippen LogP contribution in [-0.4, -0.2) is 10.9 Å². The number of hydrogen-bond donors (Lipinski definition) is 3. The van der Waals surface area contributed by atoms with Crippen LogP contribution in [-0.2, 0) is 10.5 Å². The number of benzene rings is 1. The van der Waals surface area contributed by atoms with Gasteiger partial charge in [-0.3, -0.25) is 4.79 Å². The van der Waals surface area contributed by atoms with Gasteiger partial charge in [0, 0.05) is 11.6 Å². The van der Waals surface area contributed by atoms with Crippen molar-refractivity contribution in [3.8, 4) is 0 Å². The zero-order valence-corrected chi connectivity index (χ0v) is 9.54. The highest BCUT2D eigenvalue weighted by Gasteiger charge is 2.45. The van der Waals surface area contributed by atoms with Crippen molar-refractivity contribution in [3.63, 3.8) is 0 Å². The minimum absolute atomic E-state index is 0.511. The number of carbonyl (C=O) groups is 1. The zero-order chi connectivity index (χ0) is 11.9. The van der Waals surface area contributed by atoms with Crippen molar-refractivity contribution in [2.75, 3.05) is 10.6 Å². The Morgan fingerprint density at radius 2 is 2.29 bits per heavy atom. The molecule has 1 radical (unpaired) electrons. The number of hydrogen-bond acceptors (Lipinski definition) is 5. The summed E-state index contributed by atoms with van der Waals surface area (Å²) in [5, 5.41) is 8.58. The first-order valence-electron chi connectivity index (χ1n) is 4.99. The molecule has 3 rings (SSSR count). The highest BCUT2D eigenvalue weighted by atomic mass is 32.1. The summed E-state index contributed by atoms with van der Waals surface area (Å²) in [4.78, 5) is 15.9. The molecule has 1 aromatic carbocycles. The maximum absolute atomic E-state index is 11.7. The number of nitrogens with one attached hydrogen (secondary N) is 2. The molecule has 5 nitrogen and oxygen atoms in total. The van der Waals surface area contributed by atoms with Gasteiger partial charge in [-0.25, -0.2) is 4.98 Å². The Bertz CT molecular complexity index is 542. The van der Waals surface area contributed by atoms with E-state index in [9.17, 15) is 4.79 Å². The topological polar surface area (TPSA) is 80.0 Å². The number of nitrogens with two attached hydrogens (primary N) is 1. The van der Waals surface area contributed by atoms with Crippen LogP contribution in [0.4, 0.5) is 11.4 Å². The molecule has 6 heteroatoms. The molecule has 1 aliphatic rings. The third-order valence-electron chi connectivity index (χ3n) is 2.63. The van der Waals surface area contributed by atoms with Gasteiger partial charge in [0.25, 0.3) is 5.91 Å². The van der Waals surface area contributed by atoms with E-state index in [2.05, 4.69) is 21.7 Å². The summed E-state index contributed by atoms with van der Waals surface area (Å²) in [7, 11) is 0. The molecule has 0 fully saturated rings. The lowest BCUT2D eigenvalue weighted by Crippen LogP contribution is -2.50. The van der Waals surface area contributed by atoms with E-state index < -0.39 is 11.6 Å². The SMILES string of the molecule is NC(=O)C1(c2nccs2)Nc2c[c]ccc2N1. The van der Waals surface area contributed by atoms with E-state index in [0.29, 0.717) is 5.01 Å². The summed E-state index contributed by atoms with van der Waals surface area (Å²) in [5.41, 5.74) is 5.96. The third-order valence-corrected chi connectivity index (χ3v) is 3.52. The van der Waals surface area contributed by atoms with Gasteiger partial charge in [-0.15, -0.1) is 11.3 Å². The lowest BCUT2D eigenvalue weighted by Gasteiger charge is -2.24. The molecule has 1 unspecified atom stereocenters. The Kier molecular flexibility index (Phi) is 2.05. The maximum Gasteiger partial charge on any atom is 0.271 e. The number of aromatic nitrogens is 1. The summed E-state index contributed by atoms with van der Waals surface area (Å²) in [6.07, 6.45) is 1.64. The molecular formula is C11H9N4OS. The Balaban J connectivity index is 2.10. The molecule has 0 saturated heterocycles. The smallest absolute Gasteiger partial charge is 0.271 e. The summed E-state index contributed by atoms with van der Waals surface area (Å²) in [6, 6.07) is 8.31. The summed E-state index contributed by atoms with van der Waals surface area (Å²) < 4.78 is 0. The van der Waals surface area contributed by atoms with Crippen LogP contribution in [0, 0.1) is 6.07 Å². The zero-order valence-electron chi connectivity index (χ0n) is 8.73. The average Bonchev–Trinajstić information content (AvgIpc) is 2.96. The monoisotopic (exact) mass is 245 g/mol. The first-order valence-corrected chi connectivity index (χ1v) is 5.87. The van der Waals surface area contributed by atoms with Crippen molar-refractivity contribution in [1.82, 2.24) is 4.98 Å². The van der Waals surface area contributed by atoms with Crippen LogP contribution < -0.4 is 16.4 Å². The van der Waals surface area contributed by atoms with E-state index >= 15 is 0 Å². The first-order chi connectivity index (χ1) is 8.22. The Labute approximate surface area is 102 Å². The number of nitrogens with zero attached hydrogens (tertiary/aromatic N) is 1. The number of rotatable bonds is 2. The van der Waals surface area contributed by atoms with Gasteiger partial charge in [-0.2, -0.15) is 0 Å². The van der Waals surface area contributed by atoms with Crippen LogP contribution in [0.2, 0.25) is 0 Å². The fourth-order valence-corrected chi connectivity index (χ4v) is 2.57. The predicted molar refractivity (Wildman–Crippen MR) is 65.5 cm³/mol. The molecule has 0 bridgehead atoms. The molecule has 0 spiro atoms. The van der Waals surface area contributed by atoms with Crippen LogP contribution in [0.25, 0.3) is 0 Å². The largest absolute Gasteiger partial charge is 0.366 e. The number of amides is 1. The molecule has 0 saturated carbocycles. The van der Waals surface area contributed by atoms with Crippen LogP contribution in [0.15, 0.2) is 29.8 Å². The van der Waals surface area contributed by atoms with E-state index in [1.807, 2.05) is 6.07 Å². The van der Waals surface area contributed by atoms with E-state index in [4.69, 9.17) is 5.73 Å². The lowest BCUT2D eigenvalue weighted by atomic mass is 10.2. The molecule has 85 valence electrons. The molecule has 0 aliphatic carbocycles. The van der Waals surface area contributed by atoms with Crippen LogP contribution in [0.3, 0.4) is 0 Å². The van der Waals surface area contributed by atoms with Crippen molar-refractivity contribution < 1.29 is 4.79 Å². The van der Waals surface area contributed by atoms with Crippen molar-refractivity contribution in [2.45, 2.75) is 5.66 Å². The van der Waals surface area contributed by atoms with Gasteiger partial charge in [0.05, 0.1) is 11.4 Å². The van der Waals surface area contributed by atoms with E-state index in [-0.39, 0.29) is 0 Å². The molecule has 2 aromatic rings. The van der Waals surface area contributed by atoms with Gasteiger partial charge >= 0.3 is 0 Å². The number of anilines is 2. The molecule has 4 N–H and O–H groups in total. The fourth-order valence-electron chi connectivity index (χ4n) is 1.82. The van der Waals surface area contributed by atoms with Gasteiger partial charge in [-0.1, -0.05) is 6.07 Å². The van der Waals surface area contributed by atoms with Crippen molar-refractivity contribution >= 4 is 28.6 Å². The predicted octanol–water partition coefficient (Wildman–Crippen LogP) is 1.12. The van der Waals surface area contributed by atoms with Crippen molar-refractivity contribution in [2.24, 2.45) is 5.73 Å². The normalized spacial score (nSPS) is 15.8. The number of primary amides is 1. The van der Waals surface area contributed by atoms with Gasteiger partial charge in [0.1, 0.15) is 5.01 Å². The minimum Gasteiger partial charge on any atom is -0.366 e. The number of carbonyl (C=O) groups excluding carboxylic acids is 1. The highest BCUT2D eigenvalue weighted by Crippen LogP contribution is 2.39. The Morgan fingerprint density at radius 1 is 1.47 bits per heavy atom. The highest BCUT2D eigenvalue weighted by molar-refractivity contribution is 7.09. The van der Waals surface area contributed by atoms with Crippen LogP contribution in [0.5, 0.6) is 0 Å². The van der Waals surface area contributed by atoms with Gasteiger partial charge < -0.3 is 16.4 Å².